The van der Waals surface area contributed by atoms with Gasteiger partial charge in [0, 0.05) is 0 Å². The molecule has 1 atom stereocenters. The Morgan fingerprint density at radius 2 is 1.93 bits per heavy atom. The molecule has 0 radical (unpaired) electrons. The van der Waals surface area contributed by atoms with Gasteiger partial charge in [0.25, 0.3) is 0 Å². The van der Waals surface area contributed by atoms with E-state index in [1.54, 1.807) is 0 Å². The highest BCUT2D eigenvalue weighted by molar-refractivity contribution is 6.08. The van der Waals surface area contributed by atoms with E-state index >= 15 is 0 Å². The van der Waals surface area contributed by atoms with Gasteiger partial charge in [-0.2, -0.15) is 0 Å². The number of rotatable bonds is 5. The van der Waals surface area contributed by atoms with Crippen molar-refractivity contribution in [2.24, 2.45) is 0 Å². The molecular weight excluding hydrogens is 204 g/mol. The average Bonchev–Trinajstić information content (AvgIpc) is 2.19. The molecule has 0 fully saturated rings. The van der Waals surface area contributed by atoms with E-state index in [0.29, 0.717) is 0 Å². The molecule has 1 rings (SSSR count). The zero-order chi connectivity index (χ0) is 11.3. The Morgan fingerprint density at radius 1 is 1.33 bits per heavy atom. The minimum absolute atomic E-state index is 0.714. The van der Waals surface area contributed by atoms with Crippen molar-refractivity contribution in [2.45, 2.75) is 32.3 Å². The van der Waals surface area contributed by atoms with E-state index in [-0.39, 0.29) is 0 Å². The monoisotopic (exact) mass is 224 g/mol. The van der Waals surface area contributed by atoms with Gasteiger partial charge in [0.05, 0.1) is 22.1 Å². The average molecular weight is 224 g/mol. The molecule has 2 nitrogen and oxygen atoms in total. The van der Waals surface area contributed by atoms with Gasteiger partial charge in [-0.15, -0.1) is 0 Å². The highest BCUT2D eigenvalue weighted by atomic mass is 28.1. The number of benzene rings is 1. The van der Waals surface area contributed by atoms with Crippen LogP contribution in [0.25, 0.3) is 0 Å². The summed E-state index contributed by atoms with van der Waals surface area (Å²) in [5.41, 5.74) is 0.249. The van der Waals surface area contributed by atoms with E-state index in [1.165, 1.54) is 0 Å². The number of hydrogen-bond acceptors (Lipinski definition) is 2. The minimum Gasteiger partial charge on any atom is -0.498 e. The van der Waals surface area contributed by atoms with Gasteiger partial charge in [0.15, 0.2) is 0 Å². The van der Waals surface area contributed by atoms with Gasteiger partial charge < -0.3 is 9.84 Å². The van der Waals surface area contributed by atoms with Crippen molar-refractivity contribution in [1.29, 1.82) is 0 Å². The lowest BCUT2D eigenvalue weighted by Gasteiger charge is -2.23. The third kappa shape index (κ3) is 3.36. The first-order valence-corrected chi connectivity index (χ1v) is 6.97. The first kappa shape index (κ1) is 12.3. The predicted molar refractivity (Wildman–Crippen MR) is 66.4 cm³/mol. The molecule has 0 saturated heterocycles. The van der Waals surface area contributed by atoms with E-state index in [2.05, 4.69) is 6.92 Å². The normalized spacial score (nSPS) is 14.9. The maximum Gasteiger partial charge on any atom is 0.118 e. The molecule has 0 aromatic heterocycles. The molecule has 0 aliphatic heterocycles. The van der Waals surface area contributed by atoms with Crippen LogP contribution in [0.3, 0.4) is 0 Å². The Labute approximate surface area is 94.7 Å². The zero-order valence-corrected chi connectivity index (χ0v) is 11.8. The molecule has 3 heteroatoms. The van der Waals surface area contributed by atoms with Gasteiger partial charge in [0.1, 0.15) is 5.75 Å². The lowest BCUT2D eigenvalue weighted by atomic mass is 9.91. The number of hydrogen-bond donors (Lipinski definition) is 1. The predicted octanol–water partition coefficient (Wildman–Crippen LogP) is 1.40. The fourth-order valence-corrected chi connectivity index (χ4v) is 2.04. The molecular formula is C12H20O2Si. The Morgan fingerprint density at radius 3 is 2.40 bits per heavy atom. The van der Waals surface area contributed by atoms with E-state index in [9.17, 15) is 5.11 Å². The topological polar surface area (TPSA) is 29.5 Å². The zero-order valence-electron chi connectivity index (χ0n) is 9.79. The molecule has 84 valence electrons. The van der Waals surface area contributed by atoms with Crippen molar-refractivity contribution >= 4 is 10.2 Å². The van der Waals surface area contributed by atoms with Crippen molar-refractivity contribution < 1.29 is 9.84 Å². The standard InChI is InChI=1S/C12H20O2Si/c1-3-8-12(2,13)10-4-6-11(7-5-10)14-9-15/h4-7,13H,3,8-9H2,1-2,15H3. The van der Waals surface area contributed by atoms with E-state index in [4.69, 9.17) is 4.74 Å². The third-order valence-corrected chi connectivity index (χ3v) is 2.81. The fourth-order valence-electron chi connectivity index (χ4n) is 1.71. The van der Waals surface area contributed by atoms with Gasteiger partial charge in [0.2, 0.25) is 0 Å². The smallest absolute Gasteiger partial charge is 0.118 e. The molecule has 0 spiro atoms. The summed E-state index contributed by atoms with van der Waals surface area (Å²) in [6.07, 6.45) is 2.57. The summed E-state index contributed by atoms with van der Waals surface area (Å²) in [5.74, 6) is 0.890. The highest BCUT2D eigenvalue weighted by Gasteiger charge is 2.21. The third-order valence-electron chi connectivity index (χ3n) is 2.52. The number of ether oxygens (including phenoxy) is 1. The summed E-state index contributed by atoms with van der Waals surface area (Å²) in [6.45, 7) is 3.94. The molecule has 0 heterocycles. The summed E-state index contributed by atoms with van der Waals surface area (Å²) in [4.78, 5) is 0. The molecule has 1 aromatic carbocycles. The number of aliphatic hydroxyl groups is 1. The van der Waals surface area contributed by atoms with Crippen molar-refractivity contribution in [1.82, 2.24) is 0 Å². The summed E-state index contributed by atoms with van der Waals surface area (Å²) in [6, 6.07) is 7.75. The molecule has 0 saturated carbocycles. The lowest BCUT2D eigenvalue weighted by molar-refractivity contribution is 0.0469. The van der Waals surface area contributed by atoms with Crippen LogP contribution in [-0.4, -0.2) is 21.6 Å². The van der Waals surface area contributed by atoms with Crippen LogP contribution in [0.15, 0.2) is 24.3 Å². The van der Waals surface area contributed by atoms with Crippen LogP contribution in [0.4, 0.5) is 0 Å². The second kappa shape index (κ2) is 5.33. The van der Waals surface area contributed by atoms with Crippen molar-refractivity contribution in [2.75, 3.05) is 6.23 Å². The molecule has 0 amide bonds. The second-order valence-corrected chi connectivity index (χ2v) is 4.56. The molecule has 1 aromatic rings. The van der Waals surface area contributed by atoms with Crippen LogP contribution in [0.2, 0.25) is 0 Å². The van der Waals surface area contributed by atoms with Crippen LogP contribution in [0.1, 0.15) is 32.3 Å². The SMILES string of the molecule is CCCC(C)(O)c1ccc(OC[SiH3])cc1. The van der Waals surface area contributed by atoms with Gasteiger partial charge in [-0.05, 0) is 31.0 Å². The maximum atomic E-state index is 10.2. The summed E-state index contributed by atoms with van der Waals surface area (Å²) in [7, 11) is 1.04. The van der Waals surface area contributed by atoms with Crippen LogP contribution >= 0.6 is 0 Å². The first-order chi connectivity index (χ1) is 7.10. The maximum absolute atomic E-state index is 10.2. The summed E-state index contributed by atoms with van der Waals surface area (Å²) < 4.78 is 5.41. The summed E-state index contributed by atoms with van der Waals surface area (Å²) in [5, 5.41) is 10.2. The Hall–Kier alpha value is -0.803. The first-order valence-electron chi connectivity index (χ1n) is 5.56. The van der Waals surface area contributed by atoms with Gasteiger partial charge >= 0.3 is 0 Å². The van der Waals surface area contributed by atoms with Crippen LogP contribution in [-0.2, 0) is 5.60 Å². The molecule has 1 N–H and O–H groups in total. The molecule has 15 heavy (non-hydrogen) atoms. The quantitative estimate of drug-likeness (QED) is 0.766. The van der Waals surface area contributed by atoms with Crippen molar-refractivity contribution in [3.8, 4) is 5.75 Å². The molecule has 0 aliphatic rings. The van der Waals surface area contributed by atoms with Crippen LogP contribution < -0.4 is 4.74 Å². The summed E-state index contributed by atoms with van der Waals surface area (Å²) >= 11 is 0. The molecule has 0 aliphatic carbocycles. The van der Waals surface area contributed by atoms with Crippen LogP contribution in [0.5, 0.6) is 5.75 Å². The van der Waals surface area contributed by atoms with Crippen molar-refractivity contribution in [3.63, 3.8) is 0 Å². The van der Waals surface area contributed by atoms with E-state index in [1.807, 2.05) is 31.2 Å². The van der Waals surface area contributed by atoms with Gasteiger partial charge in [-0.25, -0.2) is 0 Å². The lowest BCUT2D eigenvalue weighted by Crippen LogP contribution is -2.20. The van der Waals surface area contributed by atoms with Gasteiger partial charge in [-0.1, -0.05) is 25.5 Å². The Balaban J connectivity index is 2.78. The second-order valence-electron chi connectivity index (χ2n) is 3.98. The highest BCUT2D eigenvalue weighted by Crippen LogP contribution is 2.27. The fraction of sp³-hybridized carbons (Fsp3) is 0.500. The van der Waals surface area contributed by atoms with Crippen LogP contribution in [0, 0.1) is 0 Å². The minimum atomic E-state index is -0.714. The van der Waals surface area contributed by atoms with Crippen molar-refractivity contribution in [3.05, 3.63) is 29.8 Å². The Kier molecular flexibility index (Phi) is 4.36. The van der Waals surface area contributed by atoms with Gasteiger partial charge in [-0.3, -0.25) is 0 Å². The molecule has 1 unspecified atom stereocenters. The molecule has 0 bridgehead atoms. The largest absolute Gasteiger partial charge is 0.498 e. The Bertz CT molecular complexity index is 293. The van der Waals surface area contributed by atoms with E-state index < -0.39 is 5.60 Å². The van der Waals surface area contributed by atoms with E-state index in [0.717, 1.165) is 40.6 Å².